The van der Waals surface area contributed by atoms with Gasteiger partial charge in [0.1, 0.15) is 11.6 Å². The molecule has 0 spiro atoms. The Kier molecular flexibility index (Phi) is 5.27. The number of ether oxygens (including phenoxy) is 1. The zero-order valence-corrected chi connectivity index (χ0v) is 15.8. The Bertz CT molecular complexity index is 784. The number of hydrogen-bond donors (Lipinski definition) is 2. The largest absolute Gasteiger partial charge is 0.496 e. The van der Waals surface area contributed by atoms with Gasteiger partial charge in [0, 0.05) is 18.0 Å². The van der Waals surface area contributed by atoms with Crippen LogP contribution in [0.1, 0.15) is 68.3 Å². The van der Waals surface area contributed by atoms with Gasteiger partial charge in [-0.15, -0.1) is 5.10 Å². The highest BCUT2D eigenvalue weighted by molar-refractivity contribution is 5.88. The van der Waals surface area contributed by atoms with E-state index in [0.29, 0.717) is 18.4 Å². The minimum absolute atomic E-state index is 0.0120. The molecular weight excluding hydrogens is 342 g/mol. The molecule has 1 atom stereocenters. The first kappa shape index (κ1) is 17.8. The lowest BCUT2D eigenvalue weighted by Gasteiger charge is -2.26. The first-order valence-corrected chi connectivity index (χ1v) is 9.89. The first-order valence-electron chi connectivity index (χ1n) is 9.89. The first-order chi connectivity index (χ1) is 13.3. The number of amides is 2. The van der Waals surface area contributed by atoms with Gasteiger partial charge in [0.15, 0.2) is 0 Å². The van der Waals surface area contributed by atoms with E-state index < -0.39 is 0 Å². The summed E-state index contributed by atoms with van der Waals surface area (Å²) >= 11 is 0. The summed E-state index contributed by atoms with van der Waals surface area (Å²) in [6.07, 6.45) is 7.96. The molecule has 2 N–H and O–H groups in total. The fraction of sp³-hybridized carbons (Fsp3) is 0.550. The van der Waals surface area contributed by atoms with Gasteiger partial charge in [-0.2, -0.15) is 4.98 Å². The monoisotopic (exact) mass is 369 g/mol. The normalized spacial score (nSPS) is 20.6. The summed E-state index contributed by atoms with van der Waals surface area (Å²) in [5, 5.41) is 10.1. The highest BCUT2D eigenvalue weighted by Gasteiger charge is 2.32. The predicted molar refractivity (Wildman–Crippen MR) is 103 cm³/mol. The molecule has 7 heteroatoms. The van der Waals surface area contributed by atoms with Crippen LogP contribution in [-0.4, -0.2) is 39.8 Å². The van der Waals surface area contributed by atoms with Gasteiger partial charge in [0.25, 0.3) is 0 Å². The third-order valence-corrected chi connectivity index (χ3v) is 5.72. The van der Waals surface area contributed by atoms with E-state index in [4.69, 9.17) is 4.74 Å². The van der Waals surface area contributed by atoms with Crippen LogP contribution in [0.4, 0.5) is 10.7 Å². The number of aromatic nitrogens is 3. The zero-order valence-electron chi connectivity index (χ0n) is 15.8. The van der Waals surface area contributed by atoms with Gasteiger partial charge in [-0.3, -0.25) is 10.4 Å². The van der Waals surface area contributed by atoms with E-state index in [1.165, 1.54) is 19.3 Å². The van der Waals surface area contributed by atoms with Crippen LogP contribution in [0.5, 0.6) is 5.75 Å². The molecule has 2 aromatic rings. The quantitative estimate of drug-likeness (QED) is 0.845. The Morgan fingerprint density at radius 1 is 1.19 bits per heavy atom. The molecule has 2 fully saturated rings. The minimum Gasteiger partial charge on any atom is -0.496 e. The van der Waals surface area contributed by atoms with Gasteiger partial charge in [-0.05, 0) is 31.7 Å². The van der Waals surface area contributed by atoms with E-state index in [1.54, 1.807) is 7.11 Å². The molecule has 144 valence electrons. The summed E-state index contributed by atoms with van der Waals surface area (Å²) in [6, 6.07) is 7.76. The van der Waals surface area contributed by atoms with E-state index in [2.05, 4.69) is 20.5 Å². The number of carbonyl (C=O) groups excluding carboxylic acids is 1. The minimum atomic E-state index is -0.155. The standard InChI is InChI=1S/C20H27N5O2/c1-27-17-12-6-5-10-15(17)16-11-7-13-25(16)20(26)22-19-21-18(23-24-19)14-8-3-2-4-9-14/h5-6,10,12,14,16H,2-4,7-9,11,13H2,1H3,(H2,21,22,23,24,26)/t16-/m1/s1. The highest BCUT2D eigenvalue weighted by atomic mass is 16.5. The summed E-state index contributed by atoms with van der Waals surface area (Å²) in [7, 11) is 1.67. The Balaban J connectivity index is 1.45. The van der Waals surface area contributed by atoms with Crippen LogP contribution in [0.15, 0.2) is 24.3 Å². The molecule has 1 aliphatic carbocycles. The lowest BCUT2D eigenvalue weighted by molar-refractivity contribution is 0.206. The average Bonchev–Trinajstić information content (AvgIpc) is 3.38. The number of para-hydroxylation sites is 1. The molecule has 2 heterocycles. The Morgan fingerprint density at radius 3 is 2.81 bits per heavy atom. The van der Waals surface area contributed by atoms with Gasteiger partial charge in [-0.1, -0.05) is 37.5 Å². The van der Waals surface area contributed by atoms with E-state index >= 15 is 0 Å². The maximum Gasteiger partial charge on any atom is 0.324 e. The average molecular weight is 369 g/mol. The fourth-order valence-corrected chi connectivity index (χ4v) is 4.33. The van der Waals surface area contributed by atoms with Crippen molar-refractivity contribution in [3.63, 3.8) is 0 Å². The van der Waals surface area contributed by atoms with Crippen LogP contribution < -0.4 is 10.1 Å². The molecule has 0 bridgehead atoms. The number of likely N-dealkylation sites (tertiary alicyclic amines) is 1. The number of benzene rings is 1. The van der Waals surface area contributed by atoms with Gasteiger partial charge < -0.3 is 9.64 Å². The Hall–Kier alpha value is -2.57. The zero-order chi connectivity index (χ0) is 18.6. The second kappa shape index (κ2) is 7.98. The summed E-state index contributed by atoms with van der Waals surface area (Å²) < 4.78 is 5.49. The summed E-state index contributed by atoms with van der Waals surface area (Å²) in [4.78, 5) is 19.2. The van der Waals surface area contributed by atoms with Crippen LogP contribution in [-0.2, 0) is 0 Å². The molecule has 0 unspecified atom stereocenters. The van der Waals surface area contributed by atoms with Crippen molar-refractivity contribution in [2.45, 2.75) is 56.9 Å². The van der Waals surface area contributed by atoms with E-state index in [-0.39, 0.29) is 12.1 Å². The second-order valence-corrected chi connectivity index (χ2v) is 7.40. The van der Waals surface area contributed by atoms with Crippen LogP contribution in [0, 0.1) is 0 Å². The molecule has 1 aromatic carbocycles. The SMILES string of the molecule is COc1ccccc1[C@H]1CCCN1C(=O)Nc1n[nH]c(C2CCCCC2)n1. The topological polar surface area (TPSA) is 83.1 Å². The number of nitrogens with one attached hydrogen (secondary N) is 2. The summed E-state index contributed by atoms with van der Waals surface area (Å²) in [6.45, 7) is 0.717. The molecule has 2 amide bonds. The van der Waals surface area contributed by atoms with Gasteiger partial charge in [0.2, 0.25) is 5.95 Å². The smallest absolute Gasteiger partial charge is 0.324 e. The number of methoxy groups -OCH3 is 1. The van der Waals surface area contributed by atoms with E-state index in [9.17, 15) is 4.79 Å². The lowest BCUT2D eigenvalue weighted by Crippen LogP contribution is -2.34. The van der Waals surface area contributed by atoms with Crippen LogP contribution in [0.25, 0.3) is 0 Å². The number of rotatable bonds is 4. The molecule has 0 radical (unpaired) electrons. The molecular formula is C20H27N5O2. The summed E-state index contributed by atoms with van der Waals surface area (Å²) in [5.41, 5.74) is 1.05. The number of anilines is 1. The number of hydrogen-bond acceptors (Lipinski definition) is 4. The molecule has 4 rings (SSSR count). The Labute approximate surface area is 159 Å². The van der Waals surface area contributed by atoms with Gasteiger partial charge in [-0.25, -0.2) is 4.79 Å². The van der Waals surface area contributed by atoms with Crippen molar-refractivity contribution in [2.75, 3.05) is 19.0 Å². The fourth-order valence-electron chi connectivity index (χ4n) is 4.33. The van der Waals surface area contributed by atoms with Gasteiger partial charge >= 0.3 is 6.03 Å². The molecule has 1 saturated carbocycles. The van der Waals surface area contributed by atoms with E-state index in [0.717, 1.165) is 42.8 Å². The maximum absolute atomic E-state index is 12.9. The van der Waals surface area contributed by atoms with Crippen molar-refractivity contribution in [3.8, 4) is 5.75 Å². The summed E-state index contributed by atoms with van der Waals surface area (Å²) in [5.74, 6) is 2.52. The number of carbonyl (C=O) groups is 1. The van der Waals surface area contributed by atoms with Crippen LogP contribution in [0.3, 0.4) is 0 Å². The molecule has 7 nitrogen and oxygen atoms in total. The number of urea groups is 1. The maximum atomic E-state index is 12.9. The van der Waals surface area contributed by atoms with Crippen molar-refractivity contribution in [1.82, 2.24) is 20.1 Å². The van der Waals surface area contributed by atoms with Crippen molar-refractivity contribution in [2.24, 2.45) is 0 Å². The van der Waals surface area contributed by atoms with Gasteiger partial charge in [0.05, 0.1) is 13.2 Å². The molecule has 1 aliphatic heterocycles. The lowest BCUT2D eigenvalue weighted by atomic mass is 9.89. The number of nitrogens with zero attached hydrogens (tertiary/aromatic N) is 3. The Morgan fingerprint density at radius 2 is 2.00 bits per heavy atom. The highest BCUT2D eigenvalue weighted by Crippen LogP contribution is 2.37. The van der Waals surface area contributed by atoms with Crippen molar-refractivity contribution >= 4 is 12.0 Å². The predicted octanol–water partition coefficient (Wildman–Crippen LogP) is 4.23. The van der Waals surface area contributed by atoms with E-state index in [1.807, 2.05) is 29.2 Å². The molecule has 1 saturated heterocycles. The number of H-pyrrole nitrogens is 1. The molecule has 1 aromatic heterocycles. The third kappa shape index (κ3) is 3.77. The molecule has 2 aliphatic rings. The molecule has 27 heavy (non-hydrogen) atoms. The van der Waals surface area contributed by atoms with Crippen molar-refractivity contribution < 1.29 is 9.53 Å². The van der Waals surface area contributed by atoms with Crippen LogP contribution >= 0.6 is 0 Å². The third-order valence-electron chi connectivity index (χ3n) is 5.72. The van der Waals surface area contributed by atoms with Crippen molar-refractivity contribution in [3.05, 3.63) is 35.7 Å². The van der Waals surface area contributed by atoms with Crippen LogP contribution in [0.2, 0.25) is 0 Å². The van der Waals surface area contributed by atoms with Crippen molar-refractivity contribution in [1.29, 1.82) is 0 Å². The second-order valence-electron chi connectivity index (χ2n) is 7.40. The number of aromatic amines is 1.